The van der Waals surface area contributed by atoms with Crippen molar-refractivity contribution in [1.82, 2.24) is 0 Å². The zero-order valence-corrected chi connectivity index (χ0v) is 15.6. The van der Waals surface area contributed by atoms with Crippen LogP contribution >= 0.6 is 11.8 Å². The van der Waals surface area contributed by atoms with Crippen molar-refractivity contribution in [1.29, 1.82) is 0 Å². The molecule has 25 heavy (non-hydrogen) atoms. The van der Waals surface area contributed by atoms with Crippen molar-refractivity contribution in [2.75, 3.05) is 5.75 Å². The first-order valence-corrected chi connectivity index (χ1v) is 10.8. The molecule has 0 radical (unpaired) electrons. The Morgan fingerprint density at radius 2 is 1.84 bits per heavy atom. The Morgan fingerprint density at radius 1 is 1.04 bits per heavy atom. The summed E-state index contributed by atoms with van der Waals surface area (Å²) in [5.41, 5.74) is 5.42. The van der Waals surface area contributed by atoms with Crippen LogP contribution in [0.4, 0.5) is 0 Å². The fourth-order valence-electron chi connectivity index (χ4n) is 3.27. The zero-order chi connectivity index (χ0) is 17.4. The van der Waals surface area contributed by atoms with Gasteiger partial charge in [0.25, 0.3) is 0 Å². The molecule has 0 N–H and O–H groups in total. The smallest absolute Gasteiger partial charge is 0.264 e. The van der Waals surface area contributed by atoms with Crippen LogP contribution in [0.3, 0.4) is 0 Å². The fourth-order valence-corrected chi connectivity index (χ4v) is 5.10. The molecule has 0 bridgehead atoms. The van der Waals surface area contributed by atoms with Gasteiger partial charge in [-0.15, -0.1) is 11.8 Å². The second-order valence-corrected chi connectivity index (χ2v) is 9.11. The Morgan fingerprint density at radius 3 is 2.64 bits per heavy atom. The van der Waals surface area contributed by atoms with Gasteiger partial charge in [-0.1, -0.05) is 28.9 Å². The summed E-state index contributed by atoms with van der Waals surface area (Å²) in [6.07, 6.45) is 3.82. The minimum absolute atomic E-state index is 0.128. The van der Waals surface area contributed by atoms with Crippen molar-refractivity contribution in [3.8, 4) is 0 Å². The Balaban J connectivity index is 1.64. The first-order valence-electron chi connectivity index (χ1n) is 8.39. The van der Waals surface area contributed by atoms with Crippen LogP contribution in [-0.4, -0.2) is 19.9 Å². The molecule has 0 unspecified atom stereocenters. The Kier molecular flexibility index (Phi) is 4.33. The molecule has 0 saturated heterocycles. The van der Waals surface area contributed by atoms with Crippen molar-refractivity contribution in [2.24, 2.45) is 5.16 Å². The van der Waals surface area contributed by atoms with Gasteiger partial charge in [0, 0.05) is 16.2 Å². The molecule has 0 amide bonds. The quantitative estimate of drug-likeness (QED) is 0.761. The summed E-state index contributed by atoms with van der Waals surface area (Å²) in [5.74, 6) is 1.11. The third kappa shape index (κ3) is 3.33. The largest absolute Gasteiger partial charge is 0.358 e. The van der Waals surface area contributed by atoms with Gasteiger partial charge in [-0.2, -0.15) is 8.42 Å². The molecular formula is C19H19NO3S2. The number of fused-ring (bicyclic) bond motifs is 2. The van der Waals surface area contributed by atoms with Gasteiger partial charge in [-0.3, -0.25) is 4.28 Å². The summed E-state index contributed by atoms with van der Waals surface area (Å²) in [6.45, 7) is 1.91. The maximum Gasteiger partial charge on any atom is 0.358 e. The second kappa shape index (κ2) is 6.50. The minimum atomic E-state index is -3.88. The van der Waals surface area contributed by atoms with Crippen LogP contribution < -0.4 is 0 Å². The second-order valence-electron chi connectivity index (χ2n) is 6.45. The van der Waals surface area contributed by atoms with E-state index in [2.05, 4.69) is 17.3 Å². The monoisotopic (exact) mass is 373 g/mol. The van der Waals surface area contributed by atoms with Crippen molar-refractivity contribution < 1.29 is 12.7 Å². The lowest BCUT2D eigenvalue weighted by molar-refractivity contribution is 0.337. The van der Waals surface area contributed by atoms with E-state index >= 15 is 0 Å². The van der Waals surface area contributed by atoms with E-state index < -0.39 is 10.1 Å². The molecule has 1 heterocycles. The molecule has 1 aliphatic heterocycles. The van der Waals surface area contributed by atoms with Crippen molar-refractivity contribution in [2.45, 2.75) is 42.4 Å². The maximum absolute atomic E-state index is 12.4. The summed E-state index contributed by atoms with van der Waals surface area (Å²) in [6, 6.07) is 11.0. The van der Waals surface area contributed by atoms with Crippen LogP contribution in [0.1, 0.15) is 35.1 Å². The van der Waals surface area contributed by atoms with Gasteiger partial charge in [0.1, 0.15) is 4.90 Å². The van der Waals surface area contributed by atoms with E-state index in [0.29, 0.717) is 0 Å². The Labute approximate surface area is 152 Å². The van der Waals surface area contributed by atoms with Crippen LogP contribution in [0.5, 0.6) is 0 Å². The van der Waals surface area contributed by atoms with Crippen LogP contribution in [0.15, 0.2) is 51.3 Å². The van der Waals surface area contributed by atoms with Crippen LogP contribution in [0.25, 0.3) is 0 Å². The average molecular weight is 373 g/mol. The summed E-state index contributed by atoms with van der Waals surface area (Å²) in [7, 11) is -3.88. The highest BCUT2D eigenvalue weighted by atomic mass is 32.2. The first kappa shape index (κ1) is 16.7. The number of hydrogen-bond acceptors (Lipinski definition) is 5. The highest BCUT2D eigenvalue weighted by molar-refractivity contribution is 7.99. The summed E-state index contributed by atoms with van der Waals surface area (Å²) in [5, 5.41) is 4.04. The van der Waals surface area contributed by atoms with Crippen molar-refractivity contribution in [3.63, 3.8) is 0 Å². The third-order valence-electron chi connectivity index (χ3n) is 4.64. The summed E-state index contributed by atoms with van der Waals surface area (Å²) in [4.78, 5) is 1.41. The number of rotatable bonds is 3. The molecule has 0 atom stereocenters. The highest BCUT2D eigenvalue weighted by Crippen LogP contribution is 2.36. The van der Waals surface area contributed by atoms with Crippen molar-refractivity contribution in [3.05, 3.63) is 58.7 Å². The number of nitrogens with zero attached hydrogens (tertiary/aromatic N) is 1. The minimum Gasteiger partial charge on any atom is -0.264 e. The normalized spacial score (nSPS) is 18.0. The molecule has 1 aliphatic carbocycles. The van der Waals surface area contributed by atoms with Gasteiger partial charge in [0.05, 0.1) is 5.71 Å². The molecule has 0 fully saturated rings. The molecule has 4 rings (SSSR count). The number of thioether (sulfide) groups is 1. The van der Waals surface area contributed by atoms with E-state index in [4.69, 9.17) is 4.28 Å². The lowest BCUT2D eigenvalue weighted by atomic mass is 9.88. The molecule has 4 nitrogen and oxygen atoms in total. The molecule has 0 aromatic heterocycles. The predicted molar refractivity (Wildman–Crippen MR) is 99.8 cm³/mol. The number of aryl methyl sites for hydroxylation is 3. The number of hydrogen-bond donors (Lipinski definition) is 0. The molecule has 0 spiro atoms. The van der Waals surface area contributed by atoms with Gasteiger partial charge < -0.3 is 0 Å². The van der Waals surface area contributed by atoms with Crippen LogP contribution in [0.2, 0.25) is 0 Å². The van der Waals surface area contributed by atoms with Crippen LogP contribution in [0, 0.1) is 6.92 Å². The standard InChI is InChI=1S/C19H19NO3S2/c1-13-5-7-16(8-6-13)25(21,22)23-20-18-4-2-3-14-11-15-9-10-24-19(15)12-17(14)18/h5-8,11-12H,2-4,9-10H2,1H3. The highest BCUT2D eigenvalue weighted by Gasteiger charge is 2.23. The molecule has 2 aliphatic rings. The average Bonchev–Trinajstić information content (AvgIpc) is 3.05. The third-order valence-corrected chi connectivity index (χ3v) is 6.86. The SMILES string of the molecule is Cc1ccc(S(=O)(=O)ON=C2CCCc3cc4c(cc32)SCC4)cc1. The van der Waals surface area contributed by atoms with Gasteiger partial charge in [0.2, 0.25) is 0 Å². The lowest BCUT2D eigenvalue weighted by Crippen LogP contribution is -2.14. The van der Waals surface area contributed by atoms with E-state index in [1.807, 2.05) is 18.7 Å². The molecule has 0 saturated carbocycles. The number of oxime groups is 1. The molecular weight excluding hydrogens is 354 g/mol. The predicted octanol–water partition coefficient (Wildman–Crippen LogP) is 4.09. The fraction of sp³-hybridized carbons (Fsp3) is 0.316. The summed E-state index contributed by atoms with van der Waals surface area (Å²) < 4.78 is 29.7. The van der Waals surface area contributed by atoms with E-state index in [9.17, 15) is 8.42 Å². The topological polar surface area (TPSA) is 55.7 Å². The molecule has 6 heteroatoms. The van der Waals surface area contributed by atoms with E-state index in [-0.39, 0.29) is 4.90 Å². The van der Waals surface area contributed by atoms with E-state index in [1.165, 1.54) is 16.0 Å². The number of benzene rings is 2. The maximum atomic E-state index is 12.4. The van der Waals surface area contributed by atoms with Crippen molar-refractivity contribution >= 4 is 27.6 Å². The molecule has 2 aromatic carbocycles. The van der Waals surface area contributed by atoms with E-state index in [1.54, 1.807) is 24.3 Å². The van der Waals surface area contributed by atoms with Gasteiger partial charge in [0.15, 0.2) is 0 Å². The molecule has 130 valence electrons. The van der Waals surface area contributed by atoms with Gasteiger partial charge in [-0.25, -0.2) is 0 Å². The molecule has 2 aromatic rings. The van der Waals surface area contributed by atoms with E-state index in [0.717, 1.165) is 48.3 Å². The zero-order valence-electron chi connectivity index (χ0n) is 14.0. The lowest BCUT2D eigenvalue weighted by Gasteiger charge is -2.18. The Bertz CT molecular complexity index is 947. The first-order chi connectivity index (χ1) is 12.0. The van der Waals surface area contributed by atoms with Gasteiger partial charge >= 0.3 is 10.1 Å². The Hall–Kier alpha value is -1.79. The summed E-state index contributed by atoms with van der Waals surface area (Å²) >= 11 is 1.85. The van der Waals surface area contributed by atoms with Gasteiger partial charge in [-0.05, 0) is 61.9 Å². The van der Waals surface area contributed by atoms with Crippen LogP contribution in [-0.2, 0) is 27.2 Å².